The van der Waals surface area contributed by atoms with Crippen LogP contribution in [0.3, 0.4) is 0 Å². The SMILES string of the molecule is Cc1cccc(CN2CCC(N3CCC(C(=O)N4CCCCCCC4)CC3)CC2)n1. The molecule has 1 aromatic rings. The Kier molecular flexibility index (Phi) is 7.78. The zero-order valence-electron chi connectivity index (χ0n) is 18.9. The van der Waals surface area contributed by atoms with Gasteiger partial charge >= 0.3 is 0 Å². The molecule has 0 aliphatic carbocycles. The molecule has 3 aliphatic rings. The van der Waals surface area contributed by atoms with E-state index in [1.807, 2.05) is 0 Å². The van der Waals surface area contributed by atoms with E-state index in [1.165, 1.54) is 50.6 Å². The Bertz CT molecular complexity index is 669. The van der Waals surface area contributed by atoms with Crippen molar-refractivity contribution in [3.8, 4) is 0 Å². The Balaban J connectivity index is 1.20. The number of nitrogens with zero attached hydrogens (tertiary/aromatic N) is 4. The quantitative estimate of drug-likeness (QED) is 0.753. The number of aromatic nitrogens is 1. The highest BCUT2D eigenvalue weighted by Crippen LogP contribution is 2.26. The van der Waals surface area contributed by atoms with E-state index >= 15 is 0 Å². The van der Waals surface area contributed by atoms with Gasteiger partial charge in [0.1, 0.15) is 0 Å². The fourth-order valence-corrected chi connectivity index (χ4v) is 5.60. The van der Waals surface area contributed by atoms with Gasteiger partial charge in [-0.15, -0.1) is 0 Å². The summed E-state index contributed by atoms with van der Waals surface area (Å²) in [5.41, 5.74) is 2.30. The fourth-order valence-electron chi connectivity index (χ4n) is 5.60. The van der Waals surface area contributed by atoms with Crippen LogP contribution in [-0.4, -0.2) is 70.9 Å². The molecule has 0 spiro atoms. The van der Waals surface area contributed by atoms with E-state index in [-0.39, 0.29) is 5.92 Å². The van der Waals surface area contributed by atoms with E-state index in [1.54, 1.807) is 0 Å². The lowest BCUT2D eigenvalue weighted by molar-refractivity contribution is -0.137. The number of likely N-dealkylation sites (tertiary alicyclic amines) is 3. The molecule has 0 unspecified atom stereocenters. The highest BCUT2D eigenvalue weighted by Gasteiger charge is 2.32. The number of hydrogen-bond donors (Lipinski definition) is 0. The van der Waals surface area contributed by atoms with Crippen molar-refractivity contribution in [2.45, 2.75) is 77.3 Å². The molecule has 3 aliphatic heterocycles. The molecule has 4 heterocycles. The summed E-state index contributed by atoms with van der Waals surface area (Å²) in [5.74, 6) is 0.727. The first-order valence-corrected chi connectivity index (χ1v) is 12.4. The molecular weight excluding hydrogens is 372 g/mol. The van der Waals surface area contributed by atoms with Gasteiger partial charge < -0.3 is 9.80 Å². The third-order valence-electron chi connectivity index (χ3n) is 7.45. The van der Waals surface area contributed by atoms with E-state index in [9.17, 15) is 4.79 Å². The van der Waals surface area contributed by atoms with E-state index in [2.05, 4.69) is 44.8 Å². The third kappa shape index (κ3) is 5.82. The van der Waals surface area contributed by atoms with Crippen molar-refractivity contribution >= 4 is 5.91 Å². The number of carbonyl (C=O) groups excluding carboxylic acids is 1. The number of rotatable bonds is 4. The van der Waals surface area contributed by atoms with Crippen LogP contribution in [0, 0.1) is 12.8 Å². The second kappa shape index (κ2) is 10.7. The van der Waals surface area contributed by atoms with Crippen molar-refractivity contribution in [1.29, 1.82) is 0 Å². The summed E-state index contributed by atoms with van der Waals surface area (Å²) < 4.78 is 0. The largest absolute Gasteiger partial charge is 0.342 e. The number of aryl methyl sites for hydroxylation is 1. The van der Waals surface area contributed by atoms with Crippen LogP contribution in [0.1, 0.15) is 69.2 Å². The lowest BCUT2D eigenvalue weighted by Crippen LogP contribution is -2.49. The van der Waals surface area contributed by atoms with E-state index in [0.717, 1.165) is 64.3 Å². The van der Waals surface area contributed by atoms with Gasteiger partial charge in [-0.2, -0.15) is 0 Å². The molecule has 3 fully saturated rings. The van der Waals surface area contributed by atoms with Crippen LogP contribution in [0.25, 0.3) is 0 Å². The molecule has 5 heteroatoms. The predicted octanol–water partition coefficient (Wildman–Crippen LogP) is 3.86. The zero-order valence-corrected chi connectivity index (χ0v) is 18.9. The first kappa shape index (κ1) is 21.8. The van der Waals surface area contributed by atoms with Crippen LogP contribution in [0.2, 0.25) is 0 Å². The molecule has 0 radical (unpaired) electrons. The molecule has 0 N–H and O–H groups in total. The van der Waals surface area contributed by atoms with Gasteiger partial charge in [-0.3, -0.25) is 14.7 Å². The number of amides is 1. The van der Waals surface area contributed by atoms with Gasteiger partial charge in [0, 0.05) is 50.4 Å². The number of pyridine rings is 1. The maximum atomic E-state index is 13.0. The van der Waals surface area contributed by atoms with Gasteiger partial charge in [0.25, 0.3) is 0 Å². The predicted molar refractivity (Wildman–Crippen MR) is 121 cm³/mol. The molecule has 166 valence electrons. The Morgan fingerprint density at radius 1 is 0.900 bits per heavy atom. The maximum absolute atomic E-state index is 13.0. The van der Waals surface area contributed by atoms with Crippen LogP contribution in [0.4, 0.5) is 0 Å². The monoisotopic (exact) mass is 412 g/mol. The molecule has 0 bridgehead atoms. The maximum Gasteiger partial charge on any atom is 0.225 e. The summed E-state index contributed by atoms with van der Waals surface area (Å²) in [6.45, 7) is 9.56. The molecule has 5 nitrogen and oxygen atoms in total. The van der Waals surface area contributed by atoms with Crippen molar-refractivity contribution in [3.63, 3.8) is 0 Å². The normalized spacial score (nSPS) is 23.8. The number of carbonyl (C=O) groups is 1. The minimum absolute atomic E-state index is 0.271. The molecule has 3 saturated heterocycles. The first-order valence-electron chi connectivity index (χ1n) is 12.4. The summed E-state index contributed by atoms with van der Waals surface area (Å²) in [4.78, 5) is 25.1. The average molecular weight is 413 g/mol. The summed E-state index contributed by atoms with van der Waals surface area (Å²) in [6, 6.07) is 7.03. The van der Waals surface area contributed by atoms with E-state index < -0.39 is 0 Å². The van der Waals surface area contributed by atoms with Gasteiger partial charge in [-0.05, 0) is 70.7 Å². The number of piperidine rings is 2. The van der Waals surface area contributed by atoms with Crippen LogP contribution >= 0.6 is 0 Å². The van der Waals surface area contributed by atoms with E-state index in [4.69, 9.17) is 0 Å². The Morgan fingerprint density at radius 3 is 2.23 bits per heavy atom. The van der Waals surface area contributed by atoms with Crippen molar-refractivity contribution in [2.75, 3.05) is 39.3 Å². The van der Waals surface area contributed by atoms with Gasteiger partial charge in [-0.25, -0.2) is 0 Å². The molecular formula is C25H40N4O. The summed E-state index contributed by atoms with van der Waals surface area (Å²) in [5, 5.41) is 0. The molecule has 1 amide bonds. The minimum atomic E-state index is 0.271. The summed E-state index contributed by atoms with van der Waals surface area (Å²) >= 11 is 0. The summed E-state index contributed by atoms with van der Waals surface area (Å²) in [6.07, 6.45) is 10.9. The topological polar surface area (TPSA) is 39.7 Å². The number of hydrogen-bond acceptors (Lipinski definition) is 4. The smallest absolute Gasteiger partial charge is 0.225 e. The van der Waals surface area contributed by atoms with Crippen LogP contribution in [-0.2, 0) is 11.3 Å². The van der Waals surface area contributed by atoms with Crippen LogP contribution in [0.15, 0.2) is 18.2 Å². The standard InChI is InChI=1S/C25H40N4O/c1-21-8-7-9-23(26-21)20-27-16-12-24(13-17-27)28-18-10-22(11-19-28)25(30)29-14-5-3-2-4-6-15-29/h7-9,22,24H,2-6,10-20H2,1H3. The molecule has 1 aromatic heterocycles. The highest BCUT2D eigenvalue weighted by molar-refractivity contribution is 5.79. The molecule has 30 heavy (non-hydrogen) atoms. The highest BCUT2D eigenvalue weighted by atomic mass is 16.2. The summed E-state index contributed by atoms with van der Waals surface area (Å²) in [7, 11) is 0. The zero-order chi connectivity index (χ0) is 20.8. The van der Waals surface area contributed by atoms with Crippen molar-refractivity contribution < 1.29 is 4.79 Å². The van der Waals surface area contributed by atoms with Crippen LogP contribution < -0.4 is 0 Å². The Hall–Kier alpha value is -1.46. The molecule has 4 rings (SSSR count). The van der Waals surface area contributed by atoms with Gasteiger partial charge in [0.15, 0.2) is 0 Å². The second-order valence-corrected chi connectivity index (χ2v) is 9.68. The first-order chi connectivity index (χ1) is 14.7. The minimum Gasteiger partial charge on any atom is -0.342 e. The average Bonchev–Trinajstić information content (AvgIpc) is 2.74. The molecule has 0 saturated carbocycles. The second-order valence-electron chi connectivity index (χ2n) is 9.68. The van der Waals surface area contributed by atoms with Gasteiger partial charge in [0.05, 0.1) is 5.69 Å². The molecule has 0 aromatic carbocycles. The molecule has 0 atom stereocenters. The fraction of sp³-hybridized carbons (Fsp3) is 0.760. The van der Waals surface area contributed by atoms with E-state index in [0.29, 0.717) is 11.9 Å². The van der Waals surface area contributed by atoms with Gasteiger partial charge in [-0.1, -0.05) is 25.3 Å². The van der Waals surface area contributed by atoms with Crippen molar-refractivity contribution in [3.05, 3.63) is 29.6 Å². The van der Waals surface area contributed by atoms with Gasteiger partial charge in [0.2, 0.25) is 5.91 Å². The lowest BCUT2D eigenvalue weighted by Gasteiger charge is -2.42. The van der Waals surface area contributed by atoms with Crippen molar-refractivity contribution in [1.82, 2.24) is 19.7 Å². The Morgan fingerprint density at radius 2 is 1.57 bits per heavy atom. The lowest BCUT2D eigenvalue weighted by atomic mass is 9.92. The van der Waals surface area contributed by atoms with Crippen molar-refractivity contribution in [2.24, 2.45) is 5.92 Å². The Labute approximate surface area is 182 Å². The van der Waals surface area contributed by atoms with Crippen LogP contribution in [0.5, 0.6) is 0 Å². The third-order valence-corrected chi connectivity index (χ3v) is 7.45.